The van der Waals surface area contributed by atoms with E-state index in [0.717, 1.165) is 5.56 Å². The van der Waals surface area contributed by atoms with Gasteiger partial charge in [-0.1, -0.05) is 42.5 Å². The van der Waals surface area contributed by atoms with Gasteiger partial charge < -0.3 is 24.3 Å². The molecule has 0 aromatic heterocycles. The molecular formula is C24H23NO6. The Labute approximate surface area is 180 Å². The van der Waals surface area contributed by atoms with E-state index in [2.05, 4.69) is 5.32 Å². The Hall–Kier alpha value is -4.00. The molecule has 0 bridgehead atoms. The molecule has 31 heavy (non-hydrogen) atoms. The fourth-order valence-corrected chi connectivity index (χ4v) is 2.63. The quantitative estimate of drug-likeness (QED) is 0.501. The van der Waals surface area contributed by atoms with Crippen molar-refractivity contribution >= 4 is 17.6 Å². The van der Waals surface area contributed by atoms with Crippen molar-refractivity contribution in [1.82, 2.24) is 0 Å². The van der Waals surface area contributed by atoms with Gasteiger partial charge in [-0.05, 0) is 42.0 Å². The molecule has 0 fully saturated rings. The summed E-state index contributed by atoms with van der Waals surface area (Å²) < 4.78 is 21.1. The van der Waals surface area contributed by atoms with Gasteiger partial charge in [0.2, 0.25) is 0 Å². The number of nitrogens with one attached hydrogen (secondary N) is 1. The first-order valence-corrected chi connectivity index (χ1v) is 9.62. The molecule has 3 rings (SSSR count). The molecule has 1 amide bonds. The maximum atomic E-state index is 12.0. The van der Waals surface area contributed by atoms with Crippen LogP contribution in [0.15, 0.2) is 78.9 Å². The second kappa shape index (κ2) is 11.3. The summed E-state index contributed by atoms with van der Waals surface area (Å²) >= 11 is 0. The van der Waals surface area contributed by atoms with E-state index in [4.69, 9.17) is 18.9 Å². The second-order valence-corrected chi connectivity index (χ2v) is 6.45. The number of esters is 1. The van der Waals surface area contributed by atoms with Crippen molar-refractivity contribution < 1.29 is 28.5 Å². The van der Waals surface area contributed by atoms with Crippen LogP contribution < -0.4 is 19.5 Å². The van der Waals surface area contributed by atoms with E-state index in [1.165, 1.54) is 7.11 Å². The predicted molar refractivity (Wildman–Crippen MR) is 115 cm³/mol. The van der Waals surface area contributed by atoms with Gasteiger partial charge in [0, 0.05) is 5.69 Å². The summed E-state index contributed by atoms with van der Waals surface area (Å²) in [4.78, 5) is 23.8. The maximum absolute atomic E-state index is 12.0. The third-order valence-corrected chi connectivity index (χ3v) is 4.17. The highest BCUT2D eigenvalue weighted by Gasteiger charge is 2.11. The molecule has 0 radical (unpaired) electrons. The number of ether oxygens (including phenoxy) is 4. The van der Waals surface area contributed by atoms with Gasteiger partial charge in [-0.15, -0.1) is 0 Å². The number of hydrogen-bond donors (Lipinski definition) is 1. The third kappa shape index (κ3) is 7.08. The average molecular weight is 421 g/mol. The largest absolute Gasteiger partial charge is 0.493 e. The Morgan fingerprint density at radius 1 is 0.774 bits per heavy atom. The lowest BCUT2D eigenvalue weighted by Crippen LogP contribution is -2.23. The van der Waals surface area contributed by atoms with Gasteiger partial charge in [0.05, 0.1) is 7.11 Å². The summed E-state index contributed by atoms with van der Waals surface area (Å²) in [6, 6.07) is 23.7. The molecule has 0 saturated carbocycles. The van der Waals surface area contributed by atoms with Gasteiger partial charge in [-0.2, -0.15) is 0 Å². The number of anilines is 1. The summed E-state index contributed by atoms with van der Waals surface area (Å²) in [6.45, 7) is -0.291. The van der Waals surface area contributed by atoms with Crippen molar-refractivity contribution in [1.29, 1.82) is 0 Å². The van der Waals surface area contributed by atoms with Crippen LogP contribution in [0.2, 0.25) is 0 Å². The number of para-hydroxylation sites is 2. The van der Waals surface area contributed by atoms with E-state index in [1.54, 1.807) is 48.5 Å². The van der Waals surface area contributed by atoms with Crippen LogP contribution in [0.1, 0.15) is 5.56 Å². The fraction of sp³-hybridized carbons (Fsp3) is 0.167. The van der Waals surface area contributed by atoms with E-state index < -0.39 is 18.5 Å². The number of hydrogen-bond acceptors (Lipinski definition) is 6. The van der Waals surface area contributed by atoms with Crippen LogP contribution in [0.5, 0.6) is 17.2 Å². The minimum Gasteiger partial charge on any atom is -0.493 e. The summed E-state index contributed by atoms with van der Waals surface area (Å²) in [5.74, 6) is 0.487. The van der Waals surface area contributed by atoms with Crippen LogP contribution >= 0.6 is 0 Å². The Morgan fingerprint density at radius 2 is 1.45 bits per heavy atom. The number of carbonyl (C=O) groups excluding carboxylic acids is 2. The number of amides is 1. The molecule has 1 N–H and O–H groups in total. The van der Waals surface area contributed by atoms with Gasteiger partial charge in [0.25, 0.3) is 5.91 Å². The highest BCUT2D eigenvalue weighted by Crippen LogP contribution is 2.25. The van der Waals surface area contributed by atoms with Crippen LogP contribution in [-0.2, 0) is 20.9 Å². The summed E-state index contributed by atoms with van der Waals surface area (Å²) in [6.07, 6.45) is 0. The Morgan fingerprint density at radius 3 is 2.16 bits per heavy atom. The first kappa shape index (κ1) is 21.7. The van der Waals surface area contributed by atoms with E-state index in [1.807, 2.05) is 30.3 Å². The number of carbonyl (C=O) groups is 2. The van der Waals surface area contributed by atoms with Crippen LogP contribution in [0.4, 0.5) is 5.69 Å². The smallest absolute Gasteiger partial charge is 0.344 e. The highest BCUT2D eigenvalue weighted by atomic mass is 16.6. The van der Waals surface area contributed by atoms with Crippen LogP contribution in [0.3, 0.4) is 0 Å². The summed E-state index contributed by atoms with van der Waals surface area (Å²) in [5, 5.41) is 2.66. The van der Waals surface area contributed by atoms with Gasteiger partial charge in [0.1, 0.15) is 12.4 Å². The maximum Gasteiger partial charge on any atom is 0.344 e. The second-order valence-electron chi connectivity index (χ2n) is 6.45. The zero-order valence-electron chi connectivity index (χ0n) is 17.1. The molecule has 7 heteroatoms. The molecule has 0 spiro atoms. The van der Waals surface area contributed by atoms with E-state index in [-0.39, 0.29) is 6.61 Å². The lowest BCUT2D eigenvalue weighted by molar-refractivity contribution is -0.149. The standard InChI is InChI=1S/C24H23NO6/c1-28-21-9-5-6-10-22(21)30-17-24(27)31-16-23(26)25-19-11-13-20(14-12-19)29-15-18-7-3-2-4-8-18/h2-14H,15-17H2,1H3,(H,25,26). The van der Waals surface area contributed by atoms with E-state index >= 15 is 0 Å². The van der Waals surface area contributed by atoms with Gasteiger partial charge in [-0.3, -0.25) is 4.79 Å². The molecule has 0 saturated heterocycles. The van der Waals surface area contributed by atoms with E-state index in [0.29, 0.717) is 29.5 Å². The van der Waals surface area contributed by atoms with Gasteiger partial charge in [0.15, 0.2) is 24.7 Å². The van der Waals surface area contributed by atoms with Crippen molar-refractivity contribution in [3.05, 3.63) is 84.4 Å². The minimum absolute atomic E-state index is 0.332. The predicted octanol–water partition coefficient (Wildman–Crippen LogP) is 3.83. The van der Waals surface area contributed by atoms with E-state index in [9.17, 15) is 9.59 Å². The normalized spacial score (nSPS) is 10.1. The van der Waals surface area contributed by atoms with Crippen molar-refractivity contribution in [3.63, 3.8) is 0 Å². The fourth-order valence-electron chi connectivity index (χ4n) is 2.63. The summed E-state index contributed by atoms with van der Waals surface area (Å²) in [5.41, 5.74) is 1.63. The minimum atomic E-state index is -0.661. The molecule has 7 nitrogen and oxygen atoms in total. The van der Waals surface area contributed by atoms with Crippen molar-refractivity contribution in [2.45, 2.75) is 6.61 Å². The highest BCUT2D eigenvalue weighted by molar-refractivity contribution is 5.92. The molecule has 0 aliphatic heterocycles. The SMILES string of the molecule is COc1ccccc1OCC(=O)OCC(=O)Nc1ccc(OCc2ccccc2)cc1. The number of benzene rings is 3. The van der Waals surface area contributed by atoms with Crippen molar-refractivity contribution in [3.8, 4) is 17.2 Å². The van der Waals surface area contributed by atoms with Crippen molar-refractivity contribution in [2.24, 2.45) is 0 Å². The number of rotatable bonds is 10. The first-order chi connectivity index (χ1) is 15.1. The van der Waals surface area contributed by atoms with Crippen LogP contribution in [-0.4, -0.2) is 32.2 Å². The topological polar surface area (TPSA) is 83.1 Å². The molecule has 3 aromatic carbocycles. The lowest BCUT2D eigenvalue weighted by atomic mass is 10.2. The number of methoxy groups -OCH3 is 1. The first-order valence-electron chi connectivity index (χ1n) is 9.62. The molecule has 0 aliphatic carbocycles. The zero-order chi connectivity index (χ0) is 21.9. The molecule has 0 heterocycles. The molecule has 0 unspecified atom stereocenters. The third-order valence-electron chi connectivity index (χ3n) is 4.17. The molecule has 0 aliphatic rings. The van der Waals surface area contributed by atoms with Crippen molar-refractivity contribution in [2.75, 3.05) is 25.6 Å². The lowest BCUT2D eigenvalue weighted by Gasteiger charge is -2.10. The molecule has 0 atom stereocenters. The van der Waals surface area contributed by atoms with Gasteiger partial charge in [-0.25, -0.2) is 4.79 Å². The zero-order valence-corrected chi connectivity index (χ0v) is 17.1. The Kier molecular flexibility index (Phi) is 7.88. The van der Waals surface area contributed by atoms with Crippen LogP contribution in [0, 0.1) is 0 Å². The van der Waals surface area contributed by atoms with Gasteiger partial charge >= 0.3 is 5.97 Å². The molecule has 160 valence electrons. The Balaban J connectivity index is 1.38. The Bertz CT molecular complexity index is 988. The summed E-state index contributed by atoms with van der Waals surface area (Å²) in [7, 11) is 1.51. The molecular weight excluding hydrogens is 398 g/mol. The monoisotopic (exact) mass is 421 g/mol. The molecule has 3 aromatic rings. The van der Waals surface area contributed by atoms with Crippen LogP contribution in [0.25, 0.3) is 0 Å². The average Bonchev–Trinajstić information content (AvgIpc) is 2.82.